The van der Waals surface area contributed by atoms with Crippen LogP contribution in [0.1, 0.15) is 5.56 Å². The summed E-state index contributed by atoms with van der Waals surface area (Å²) in [4.78, 5) is 4.13. The molecule has 1 heterocycles. The van der Waals surface area contributed by atoms with Gasteiger partial charge in [0.25, 0.3) is 0 Å². The molecule has 1 aromatic heterocycles. The number of aromatic nitrogens is 1. The molecule has 0 fully saturated rings. The Balaban J connectivity index is 2.10. The van der Waals surface area contributed by atoms with E-state index in [1.54, 1.807) is 13.3 Å². The van der Waals surface area contributed by atoms with E-state index in [1.165, 1.54) is 0 Å². The lowest BCUT2D eigenvalue weighted by atomic mass is 10.3. The number of rotatable bonds is 4. The topological polar surface area (TPSA) is 31.4 Å². The van der Waals surface area contributed by atoms with Crippen molar-refractivity contribution in [2.45, 2.75) is 6.61 Å². The molecule has 2 rings (SSSR count). The SMILES string of the molecule is COc1ncccc1COc1ccccc1I. The van der Waals surface area contributed by atoms with Crippen molar-refractivity contribution in [1.82, 2.24) is 4.98 Å². The van der Waals surface area contributed by atoms with Crippen molar-refractivity contribution in [3.8, 4) is 11.6 Å². The first kappa shape index (κ1) is 12.2. The fraction of sp³-hybridized carbons (Fsp3) is 0.154. The fourth-order valence-corrected chi connectivity index (χ4v) is 1.98. The van der Waals surface area contributed by atoms with Gasteiger partial charge in [-0.2, -0.15) is 0 Å². The number of hydrogen-bond donors (Lipinski definition) is 0. The molecule has 0 spiro atoms. The van der Waals surface area contributed by atoms with Crippen LogP contribution < -0.4 is 9.47 Å². The highest BCUT2D eigenvalue weighted by atomic mass is 127. The van der Waals surface area contributed by atoms with Gasteiger partial charge in [0.15, 0.2) is 0 Å². The summed E-state index contributed by atoms with van der Waals surface area (Å²) in [6, 6.07) is 11.7. The Morgan fingerprint density at radius 2 is 2.00 bits per heavy atom. The first-order chi connectivity index (χ1) is 8.31. The van der Waals surface area contributed by atoms with E-state index in [0.717, 1.165) is 14.9 Å². The van der Waals surface area contributed by atoms with Crippen LogP contribution in [0.2, 0.25) is 0 Å². The molecule has 0 unspecified atom stereocenters. The van der Waals surface area contributed by atoms with Crippen molar-refractivity contribution in [1.29, 1.82) is 0 Å². The number of ether oxygens (including phenoxy) is 2. The third kappa shape index (κ3) is 3.09. The minimum atomic E-state index is 0.455. The van der Waals surface area contributed by atoms with E-state index in [2.05, 4.69) is 27.6 Å². The van der Waals surface area contributed by atoms with Crippen LogP contribution in [0.3, 0.4) is 0 Å². The average molecular weight is 341 g/mol. The maximum atomic E-state index is 5.74. The Kier molecular flexibility index (Phi) is 4.19. The molecule has 1 aromatic carbocycles. The summed E-state index contributed by atoms with van der Waals surface area (Å²) < 4.78 is 12.0. The van der Waals surface area contributed by atoms with Gasteiger partial charge in [0.2, 0.25) is 5.88 Å². The van der Waals surface area contributed by atoms with E-state index < -0.39 is 0 Å². The van der Waals surface area contributed by atoms with E-state index in [1.807, 2.05) is 36.4 Å². The Labute approximate surface area is 114 Å². The van der Waals surface area contributed by atoms with Gasteiger partial charge < -0.3 is 9.47 Å². The zero-order valence-corrected chi connectivity index (χ0v) is 11.5. The standard InChI is InChI=1S/C13H12INO2/c1-16-13-10(5-4-8-15-13)9-17-12-7-3-2-6-11(12)14/h2-8H,9H2,1H3. The van der Waals surface area contributed by atoms with E-state index in [4.69, 9.17) is 9.47 Å². The van der Waals surface area contributed by atoms with Gasteiger partial charge in [0.05, 0.1) is 16.2 Å². The van der Waals surface area contributed by atoms with Crippen molar-refractivity contribution in [2.24, 2.45) is 0 Å². The second-order valence-corrected chi connectivity index (χ2v) is 4.55. The lowest BCUT2D eigenvalue weighted by molar-refractivity contribution is 0.292. The minimum Gasteiger partial charge on any atom is -0.488 e. The molecule has 0 saturated heterocycles. The van der Waals surface area contributed by atoms with Gasteiger partial charge >= 0.3 is 0 Å². The highest BCUT2D eigenvalue weighted by Crippen LogP contribution is 2.22. The van der Waals surface area contributed by atoms with E-state index in [9.17, 15) is 0 Å². The zero-order valence-electron chi connectivity index (χ0n) is 9.39. The Morgan fingerprint density at radius 3 is 2.76 bits per heavy atom. The lowest BCUT2D eigenvalue weighted by Crippen LogP contribution is -2.00. The van der Waals surface area contributed by atoms with Crippen LogP contribution in [0.4, 0.5) is 0 Å². The van der Waals surface area contributed by atoms with Crippen molar-refractivity contribution >= 4 is 22.6 Å². The third-order valence-electron chi connectivity index (χ3n) is 2.26. The summed E-state index contributed by atoms with van der Waals surface area (Å²) in [6.07, 6.45) is 1.70. The third-order valence-corrected chi connectivity index (χ3v) is 3.15. The summed E-state index contributed by atoms with van der Waals surface area (Å²) in [6.45, 7) is 0.455. The largest absolute Gasteiger partial charge is 0.488 e. The molecular formula is C13H12INO2. The maximum Gasteiger partial charge on any atom is 0.219 e. The molecule has 0 amide bonds. The molecule has 0 radical (unpaired) electrons. The molecule has 17 heavy (non-hydrogen) atoms. The van der Waals surface area contributed by atoms with E-state index in [0.29, 0.717) is 12.5 Å². The van der Waals surface area contributed by atoms with Gasteiger partial charge in [-0.3, -0.25) is 0 Å². The molecule has 2 aromatic rings. The van der Waals surface area contributed by atoms with Crippen LogP contribution in [0.15, 0.2) is 42.6 Å². The van der Waals surface area contributed by atoms with Gasteiger partial charge in [-0.25, -0.2) is 4.98 Å². The molecule has 88 valence electrons. The second-order valence-electron chi connectivity index (χ2n) is 3.39. The Morgan fingerprint density at radius 1 is 1.18 bits per heavy atom. The predicted octanol–water partition coefficient (Wildman–Crippen LogP) is 3.27. The monoisotopic (exact) mass is 341 g/mol. The number of nitrogens with zero attached hydrogens (tertiary/aromatic N) is 1. The second kappa shape index (κ2) is 5.86. The summed E-state index contributed by atoms with van der Waals surface area (Å²) >= 11 is 2.25. The molecule has 0 bridgehead atoms. The normalized spacial score (nSPS) is 10.0. The van der Waals surface area contributed by atoms with Crippen molar-refractivity contribution in [3.63, 3.8) is 0 Å². The summed E-state index contributed by atoms with van der Waals surface area (Å²) in [5.74, 6) is 1.48. The molecule has 0 aliphatic carbocycles. The van der Waals surface area contributed by atoms with E-state index in [-0.39, 0.29) is 0 Å². The van der Waals surface area contributed by atoms with E-state index >= 15 is 0 Å². The van der Waals surface area contributed by atoms with Gasteiger partial charge in [0, 0.05) is 6.20 Å². The van der Waals surface area contributed by atoms with Crippen LogP contribution >= 0.6 is 22.6 Å². The first-order valence-corrected chi connectivity index (χ1v) is 6.24. The number of benzene rings is 1. The molecule has 4 heteroatoms. The quantitative estimate of drug-likeness (QED) is 0.800. The van der Waals surface area contributed by atoms with Gasteiger partial charge in [-0.05, 0) is 46.9 Å². The predicted molar refractivity (Wildman–Crippen MR) is 74.3 cm³/mol. The Bertz CT molecular complexity index is 502. The molecule has 0 N–H and O–H groups in total. The zero-order chi connectivity index (χ0) is 12.1. The number of methoxy groups -OCH3 is 1. The van der Waals surface area contributed by atoms with Gasteiger partial charge in [-0.15, -0.1) is 0 Å². The summed E-state index contributed by atoms with van der Waals surface area (Å²) in [5.41, 5.74) is 0.939. The van der Waals surface area contributed by atoms with Gasteiger partial charge in [-0.1, -0.05) is 12.1 Å². The van der Waals surface area contributed by atoms with Crippen molar-refractivity contribution in [2.75, 3.05) is 7.11 Å². The number of halogens is 1. The van der Waals surface area contributed by atoms with Crippen LogP contribution in [0, 0.1) is 3.57 Å². The molecule has 3 nitrogen and oxygen atoms in total. The number of pyridine rings is 1. The lowest BCUT2D eigenvalue weighted by Gasteiger charge is -2.10. The maximum absolute atomic E-state index is 5.74. The van der Waals surface area contributed by atoms with Crippen molar-refractivity contribution in [3.05, 3.63) is 51.7 Å². The van der Waals surface area contributed by atoms with Crippen LogP contribution in [0.25, 0.3) is 0 Å². The summed E-state index contributed by atoms with van der Waals surface area (Å²) in [7, 11) is 1.61. The highest BCUT2D eigenvalue weighted by molar-refractivity contribution is 14.1. The van der Waals surface area contributed by atoms with Gasteiger partial charge in [0.1, 0.15) is 12.4 Å². The summed E-state index contributed by atoms with van der Waals surface area (Å²) in [5, 5.41) is 0. The average Bonchev–Trinajstić information content (AvgIpc) is 2.38. The molecule has 0 atom stereocenters. The molecule has 0 aliphatic rings. The van der Waals surface area contributed by atoms with Crippen LogP contribution in [-0.4, -0.2) is 12.1 Å². The highest BCUT2D eigenvalue weighted by Gasteiger charge is 2.05. The molecular weight excluding hydrogens is 329 g/mol. The molecule has 0 saturated carbocycles. The Hall–Kier alpha value is -1.30. The van der Waals surface area contributed by atoms with Crippen LogP contribution in [0.5, 0.6) is 11.6 Å². The minimum absolute atomic E-state index is 0.455. The van der Waals surface area contributed by atoms with Crippen molar-refractivity contribution < 1.29 is 9.47 Å². The fourth-order valence-electron chi connectivity index (χ4n) is 1.44. The van der Waals surface area contributed by atoms with Crippen LogP contribution in [-0.2, 0) is 6.61 Å². The first-order valence-electron chi connectivity index (χ1n) is 5.16. The number of hydrogen-bond acceptors (Lipinski definition) is 3. The molecule has 0 aliphatic heterocycles. The number of para-hydroxylation sites is 1. The smallest absolute Gasteiger partial charge is 0.219 e.